The molecule has 1 heterocycles. The molecule has 124 valence electrons. The highest BCUT2D eigenvalue weighted by Crippen LogP contribution is 2.12. The Hall–Kier alpha value is -2.14. The summed E-state index contributed by atoms with van der Waals surface area (Å²) in [5.41, 5.74) is 5.19. The number of benzene rings is 1. The van der Waals surface area contributed by atoms with Gasteiger partial charge in [0.25, 0.3) is 0 Å². The number of carbonyl (C=O) groups is 1. The molecule has 1 N–H and O–H groups in total. The van der Waals surface area contributed by atoms with Crippen molar-refractivity contribution < 1.29 is 9.53 Å². The maximum atomic E-state index is 12.1. The molecule has 0 fully saturated rings. The third-order valence-corrected chi connectivity index (χ3v) is 3.98. The van der Waals surface area contributed by atoms with E-state index in [1.54, 1.807) is 0 Å². The quantitative estimate of drug-likeness (QED) is 0.854. The lowest BCUT2D eigenvalue weighted by atomic mass is 10.1. The maximum Gasteiger partial charge on any atom is 0.224 e. The Bertz CT molecular complexity index is 660. The highest BCUT2D eigenvalue weighted by atomic mass is 16.5. The number of hydrogen-bond donors (Lipinski definition) is 1. The van der Waals surface area contributed by atoms with Crippen LogP contribution in [0.5, 0.6) is 0 Å². The molecule has 0 aliphatic rings. The monoisotopic (exact) mass is 315 g/mol. The van der Waals surface area contributed by atoms with Crippen molar-refractivity contribution >= 4 is 5.91 Å². The molecule has 0 atom stereocenters. The molecule has 1 aromatic carbocycles. The van der Waals surface area contributed by atoms with E-state index in [1.165, 1.54) is 0 Å². The zero-order chi connectivity index (χ0) is 16.8. The van der Waals surface area contributed by atoms with E-state index < -0.39 is 0 Å². The average Bonchev–Trinajstić information content (AvgIpc) is 2.78. The SMILES string of the molecule is CCOCc1ccc(CNC(=O)Cc2c(C)nn(C)c2C)cc1. The minimum absolute atomic E-state index is 0.0163. The maximum absolute atomic E-state index is 12.1. The normalized spacial score (nSPS) is 10.8. The summed E-state index contributed by atoms with van der Waals surface area (Å²) >= 11 is 0. The zero-order valence-corrected chi connectivity index (χ0v) is 14.3. The lowest BCUT2D eigenvalue weighted by Crippen LogP contribution is -2.25. The van der Waals surface area contributed by atoms with Gasteiger partial charge >= 0.3 is 0 Å². The molecule has 2 aromatic rings. The van der Waals surface area contributed by atoms with Crippen molar-refractivity contribution in [2.75, 3.05) is 6.61 Å². The summed E-state index contributed by atoms with van der Waals surface area (Å²) in [5, 5.41) is 7.31. The molecule has 0 bridgehead atoms. The van der Waals surface area contributed by atoms with Crippen LogP contribution in [0.25, 0.3) is 0 Å². The van der Waals surface area contributed by atoms with E-state index in [2.05, 4.69) is 10.4 Å². The second-order valence-corrected chi connectivity index (χ2v) is 5.68. The van der Waals surface area contributed by atoms with Gasteiger partial charge in [-0.2, -0.15) is 5.10 Å². The molecule has 2 rings (SSSR count). The van der Waals surface area contributed by atoms with Gasteiger partial charge in [-0.05, 0) is 31.9 Å². The van der Waals surface area contributed by atoms with Crippen LogP contribution in [0.3, 0.4) is 0 Å². The van der Waals surface area contributed by atoms with Crippen LogP contribution in [-0.4, -0.2) is 22.3 Å². The van der Waals surface area contributed by atoms with Gasteiger partial charge in [-0.25, -0.2) is 0 Å². The van der Waals surface area contributed by atoms with Gasteiger partial charge in [0, 0.05) is 31.5 Å². The molecule has 1 amide bonds. The van der Waals surface area contributed by atoms with E-state index in [9.17, 15) is 4.79 Å². The number of carbonyl (C=O) groups excluding carboxylic acids is 1. The molecular weight excluding hydrogens is 290 g/mol. The Morgan fingerprint density at radius 1 is 1.22 bits per heavy atom. The summed E-state index contributed by atoms with van der Waals surface area (Å²) in [6.07, 6.45) is 0.369. The van der Waals surface area contributed by atoms with Crippen LogP contribution in [0.4, 0.5) is 0 Å². The molecule has 1 aromatic heterocycles. The number of aromatic nitrogens is 2. The predicted molar refractivity (Wildman–Crippen MR) is 90.0 cm³/mol. The first-order valence-electron chi connectivity index (χ1n) is 7.92. The number of hydrogen-bond acceptors (Lipinski definition) is 3. The lowest BCUT2D eigenvalue weighted by molar-refractivity contribution is -0.120. The van der Waals surface area contributed by atoms with Crippen LogP contribution < -0.4 is 5.32 Å². The van der Waals surface area contributed by atoms with Gasteiger partial charge in [0.1, 0.15) is 0 Å². The van der Waals surface area contributed by atoms with E-state index in [-0.39, 0.29) is 5.91 Å². The fourth-order valence-corrected chi connectivity index (χ4v) is 2.47. The number of nitrogens with zero attached hydrogens (tertiary/aromatic N) is 2. The third-order valence-electron chi connectivity index (χ3n) is 3.98. The highest BCUT2D eigenvalue weighted by Gasteiger charge is 2.13. The van der Waals surface area contributed by atoms with Crippen LogP contribution in [0, 0.1) is 13.8 Å². The Morgan fingerprint density at radius 3 is 2.43 bits per heavy atom. The highest BCUT2D eigenvalue weighted by molar-refractivity contribution is 5.79. The number of rotatable bonds is 7. The van der Waals surface area contributed by atoms with Crippen LogP contribution in [0.15, 0.2) is 24.3 Å². The summed E-state index contributed by atoms with van der Waals surface area (Å²) in [4.78, 5) is 12.1. The number of ether oxygens (including phenoxy) is 1. The molecule has 0 saturated carbocycles. The Balaban J connectivity index is 1.86. The fourth-order valence-electron chi connectivity index (χ4n) is 2.47. The summed E-state index contributed by atoms with van der Waals surface area (Å²) in [5.74, 6) is 0.0163. The van der Waals surface area contributed by atoms with Gasteiger partial charge in [-0.3, -0.25) is 9.48 Å². The van der Waals surface area contributed by atoms with Gasteiger partial charge in [0.15, 0.2) is 0 Å². The van der Waals surface area contributed by atoms with E-state index >= 15 is 0 Å². The van der Waals surface area contributed by atoms with Gasteiger partial charge in [0.2, 0.25) is 5.91 Å². The van der Waals surface area contributed by atoms with Gasteiger partial charge in [0.05, 0.1) is 18.7 Å². The number of nitrogens with one attached hydrogen (secondary N) is 1. The summed E-state index contributed by atoms with van der Waals surface area (Å²) in [7, 11) is 1.90. The third kappa shape index (κ3) is 4.66. The summed E-state index contributed by atoms with van der Waals surface area (Å²) in [6, 6.07) is 8.11. The average molecular weight is 315 g/mol. The molecule has 0 spiro atoms. The van der Waals surface area contributed by atoms with E-state index in [4.69, 9.17) is 4.74 Å². The molecular formula is C18H25N3O2. The van der Waals surface area contributed by atoms with Crippen molar-refractivity contribution in [2.45, 2.75) is 40.3 Å². The molecule has 23 heavy (non-hydrogen) atoms. The van der Waals surface area contributed by atoms with Crippen LogP contribution in [0.2, 0.25) is 0 Å². The standard InChI is InChI=1S/C18H25N3O2/c1-5-23-12-16-8-6-15(7-9-16)11-19-18(22)10-17-13(2)20-21(4)14(17)3/h6-9H,5,10-12H2,1-4H3,(H,19,22). The van der Waals surface area contributed by atoms with Crippen LogP contribution in [0.1, 0.15) is 35.0 Å². The molecule has 0 saturated heterocycles. The van der Waals surface area contributed by atoms with Crippen molar-refractivity contribution in [1.82, 2.24) is 15.1 Å². The fraction of sp³-hybridized carbons (Fsp3) is 0.444. The predicted octanol–water partition coefficient (Wildman–Crippen LogP) is 2.43. The number of amides is 1. The van der Waals surface area contributed by atoms with Gasteiger partial charge in [-0.15, -0.1) is 0 Å². The second kappa shape index (κ2) is 7.92. The first kappa shape index (κ1) is 17.2. The first-order valence-corrected chi connectivity index (χ1v) is 7.92. The molecule has 5 nitrogen and oxygen atoms in total. The molecule has 0 aliphatic carbocycles. The largest absolute Gasteiger partial charge is 0.377 e. The van der Waals surface area contributed by atoms with E-state index in [0.717, 1.165) is 28.1 Å². The Labute approximate surface area is 137 Å². The van der Waals surface area contributed by atoms with Crippen molar-refractivity contribution in [3.8, 4) is 0 Å². The lowest BCUT2D eigenvalue weighted by Gasteiger charge is -2.07. The van der Waals surface area contributed by atoms with Crippen molar-refractivity contribution in [1.29, 1.82) is 0 Å². The van der Waals surface area contributed by atoms with Crippen molar-refractivity contribution in [2.24, 2.45) is 7.05 Å². The molecule has 0 aliphatic heterocycles. The van der Waals surface area contributed by atoms with Gasteiger partial charge in [-0.1, -0.05) is 24.3 Å². The Morgan fingerprint density at radius 2 is 1.87 bits per heavy atom. The molecule has 5 heteroatoms. The van der Waals surface area contributed by atoms with Crippen LogP contribution >= 0.6 is 0 Å². The molecule has 0 unspecified atom stereocenters. The number of aryl methyl sites for hydroxylation is 2. The zero-order valence-electron chi connectivity index (χ0n) is 14.3. The first-order chi connectivity index (χ1) is 11.0. The van der Waals surface area contributed by atoms with Crippen LogP contribution in [-0.2, 0) is 36.2 Å². The second-order valence-electron chi connectivity index (χ2n) is 5.68. The van der Waals surface area contributed by atoms with Crippen molar-refractivity contribution in [3.63, 3.8) is 0 Å². The van der Waals surface area contributed by atoms with Crippen molar-refractivity contribution in [3.05, 3.63) is 52.3 Å². The van der Waals surface area contributed by atoms with E-state index in [0.29, 0.717) is 26.2 Å². The summed E-state index contributed by atoms with van der Waals surface area (Å²) < 4.78 is 7.19. The topological polar surface area (TPSA) is 56.1 Å². The smallest absolute Gasteiger partial charge is 0.224 e. The van der Waals surface area contributed by atoms with E-state index in [1.807, 2.05) is 56.8 Å². The minimum atomic E-state index is 0.0163. The van der Waals surface area contributed by atoms with Gasteiger partial charge < -0.3 is 10.1 Å². The molecule has 0 radical (unpaired) electrons. The minimum Gasteiger partial charge on any atom is -0.377 e. The Kier molecular flexibility index (Phi) is 5.93. The summed E-state index contributed by atoms with van der Waals surface area (Å²) in [6.45, 7) is 7.78.